The number of benzene rings is 1. The summed E-state index contributed by atoms with van der Waals surface area (Å²) in [7, 11) is 0. The van der Waals surface area contributed by atoms with Crippen LogP contribution in [0.25, 0.3) is 0 Å². The van der Waals surface area contributed by atoms with E-state index in [1.165, 1.54) is 0 Å². The monoisotopic (exact) mass is 408 g/mol. The van der Waals surface area contributed by atoms with Crippen molar-refractivity contribution >= 4 is 22.7 Å². The molecule has 0 bridgehead atoms. The van der Waals surface area contributed by atoms with E-state index in [-0.39, 0.29) is 22.7 Å². The van der Waals surface area contributed by atoms with Gasteiger partial charge in [-0.05, 0) is 57.8 Å². The molecular weight excluding hydrogens is 378 g/mol. The van der Waals surface area contributed by atoms with E-state index in [0.717, 1.165) is 57.8 Å². The molecule has 0 amide bonds. The number of halogens is 2. The van der Waals surface area contributed by atoms with Crippen LogP contribution in [0.5, 0.6) is 0 Å². The summed E-state index contributed by atoms with van der Waals surface area (Å²) in [5.74, 6) is -1.50. The van der Waals surface area contributed by atoms with Crippen molar-refractivity contribution in [1.29, 1.82) is 0 Å². The fraction of sp³-hybridized carbons (Fsp3) is 0.714. The molecule has 0 atom stereocenters. The molecule has 3 heterocycles. The second-order valence-electron chi connectivity index (χ2n) is 8.42. The van der Waals surface area contributed by atoms with Crippen molar-refractivity contribution in [2.45, 2.75) is 57.8 Å². The molecule has 29 heavy (non-hydrogen) atoms. The van der Waals surface area contributed by atoms with E-state index in [9.17, 15) is 10.1 Å². The quantitative estimate of drug-likeness (QED) is 0.527. The molecule has 8 heteroatoms. The van der Waals surface area contributed by atoms with Gasteiger partial charge in [-0.3, -0.25) is 10.1 Å². The Morgan fingerprint density at radius 3 is 1.21 bits per heavy atom. The smallest absolute Gasteiger partial charge is 0.321 e. The SMILES string of the molecule is O=[N+]([O-])c1c(N2CCCCC2)c(F)c(N2CCCCC2)c(F)c1N1CCCCC1. The van der Waals surface area contributed by atoms with Crippen LogP contribution < -0.4 is 14.7 Å². The Hall–Kier alpha value is -2.12. The largest absolute Gasteiger partial charge is 0.367 e. The minimum Gasteiger partial charge on any atom is -0.367 e. The predicted molar refractivity (Wildman–Crippen MR) is 111 cm³/mol. The number of hydrogen-bond acceptors (Lipinski definition) is 5. The molecule has 3 saturated heterocycles. The zero-order chi connectivity index (χ0) is 20.4. The number of nitrogens with zero attached hydrogens (tertiary/aromatic N) is 4. The van der Waals surface area contributed by atoms with E-state index in [0.29, 0.717) is 39.3 Å². The van der Waals surface area contributed by atoms with Crippen molar-refractivity contribution in [2.75, 3.05) is 54.0 Å². The highest BCUT2D eigenvalue weighted by Crippen LogP contribution is 2.48. The van der Waals surface area contributed by atoms with Crippen LogP contribution in [0.2, 0.25) is 0 Å². The minimum absolute atomic E-state index is 0.00255. The van der Waals surface area contributed by atoms with Gasteiger partial charge in [0.05, 0.1) is 4.92 Å². The van der Waals surface area contributed by atoms with Crippen molar-refractivity contribution < 1.29 is 13.7 Å². The van der Waals surface area contributed by atoms with E-state index >= 15 is 8.78 Å². The zero-order valence-corrected chi connectivity index (χ0v) is 17.0. The highest BCUT2D eigenvalue weighted by Gasteiger charge is 2.39. The Bertz CT molecular complexity index is 711. The van der Waals surface area contributed by atoms with Gasteiger partial charge < -0.3 is 14.7 Å². The van der Waals surface area contributed by atoms with Gasteiger partial charge in [-0.1, -0.05) is 0 Å². The molecule has 0 N–H and O–H groups in total. The second-order valence-corrected chi connectivity index (χ2v) is 8.42. The summed E-state index contributed by atoms with van der Waals surface area (Å²) in [4.78, 5) is 16.9. The van der Waals surface area contributed by atoms with Crippen LogP contribution in [-0.2, 0) is 0 Å². The van der Waals surface area contributed by atoms with Crippen LogP contribution in [0.1, 0.15) is 57.8 Å². The lowest BCUT2D eigenvalue weighted by Crippen LogP contribution is -2.37. The molecule has 0 unspecified atom stereocenters. The number of piperidine rings is 3. The average molecular weight is 408 g/mol. The van der Waals surface area contributed by atoms with Crippen LogP contribution in [0.15, 0.2) is 0 Å². The molecule has 1 aromatic carbocycles. The van der Waals surface area contributed by atoms with Crippen LogP contribution in [0, 0.1) is 21.7 Å². The van der Waals surface area contributed by atoms with Crippen LogP contribution >= 0.6 is 0 Å². The van der Waals surface area contributed by atoms with Gasteiger partial charge in [-0.25, -0.2) is 8.78 Å². The molecule has 0 saturated carbocycles. The maximum Gasteiger partial charge on any atom is 0.321 e. The molecule has 1 aromatic rings. The molecular formula is C21H30F2N4O2. The van der Waals surface area contributed by atoms with Crippen molar-refractivity contribution in [2.24, 2.45) is 0 Å². The zero-order valence-electron chi connectivity index (χ0n) is 17.0. The van der Waals surface area contributed by atoms with Crippen molar-refractivity contribution in [1.82, 2.24) is 0 Å². The highest BCUT2D eigenvalue weighted by atomic mass is 19.1. The number of nitro groups is 1. The molecule has 0 spiro atoms. The summed E-state index contributed by atoms with van der Waals surface area (Å²) in [5.41, 5.74) is -0.449. The van der Waals surface area contributed by atoms with E-state index in [4.69, 9.17) is 0 Å². The predicted octanol–water partition coefficient (Wildman–Crippen LogP) is 4.84. The first-order valence-corrected chi connectivity index (χ1v) is 11.0. The molecule has 0 aliphatic carbocycles. The summed E-state index contributed by atoms with van der Waals surface area (Å²) < 4.78 is 31.6. The Balaban J connectivity index is 1.92. The van der Waals surface area contributed by atoms with Gasteiger partial charge in [0.2, 0.25) is 0 Å². The number of anilines is 3. The minimum atomic E-state index is -0.751. The third-order valence-corrected chi connectivity index (χ3v) is 6.48. The average Bonchev–Trinajstić information content (AvgIpc) is 2.75. The van der Waals surface area contributed by atoms with Gasteiger partial charge >= 0.3 is 5.69 Å². The van der Waals surface area contributed by atoms with Crippen molar-refractivity contribution in [3.05, 3.63) is 21.7 Å². The fourth-order valence-electron chi connectivity index (χ4n) is 5.02. The molecule has 0 aromatic heterocycles. The number of rotatable bonds is 4. The standard InChI is InChI=1S/C21H30F2N4O2/c22-16-18(24-10-4-1-5-11-24)17(23)20(26-14-8-3-9-15-26)21(27(28)29)19(16)25-12-6-2-7-13-25/h1-15H2. The Morgan fingerprint density at radius 2 is 0.897 bits per heavy atom. The summed E-state index contributed by atoms with van der Waals surface area (Å²) in [6.07, 6.45) is 8.35. The lowest BCUT2D eigenvalue weighted by atomic mass is 10.0. The van der Waals surface area contributed by atoms with E-state index in [1.54, 1.807) is 14.7 Å². The van der Waals surface area contributed by atoms with Gasteiger partial charge in [0.1, 0.15) is 5.69 Å². The maximum atomic E-state index is 15.8. The number of hydrogen-bond donors (Lipinski definition) is 0. The topological polar surface area (TPSA) is 52.9 Å². The molecule has 4 rings (SSSR count). The van der Waals surface area contributed by atoms with Crippen LogP contribution in [0.3, 0.4) is 0 Å². The first-order chi connectivity index (χ1) is 14.1. The Morgan fingerprint density at radius 1 is 0.586 bits per heavy atom. The van der Waals surface area contributed by atoms with Crippen LogP contribution in [-0.4, -0.2) is 44.2 Å². The lowest BCUT2D eigenvalue weighted by molar-refractivity contribution is -0.383. The third-order valence-electron chi connectivity index (χ3n) is 6.48. The molecule has 160 valence electrons. The second kappa shape index (κ2) is 8.71. The van der Waals surface area contributed by atoms with Gasteiger partial charge in [0.15, 0.2) is 23.0 Å². The summed E-state index contributed by atoms with van der Waals surface area (Å²) in [6, 6.07) is 0. The van der Waals surface area contributed by atoms with Gasteiger partial charge in [0, 0.05) is 39.3 Å². The molecule has 3 aliphatic rings. The first kappa shape index (κ1) is 20.2. The fourth-order valence-corrected chi connectivity index (χ4v) is 5.02. The summed E-state index contributed by atoms with van der Waals surface area (Å²) in [6.45, 7) is 3.46. The van der Waals surface area contributed by atoms with Crippen LogP contribution in [0.4, 0.5) is 31.5 Å². The molecule has 3 aliphatic heterocycles. The van der Waals surface area contributed by atoms with Gasteiger partial charge in [-0.2, -0.15) is 0 Å². The van der Waals surface area contributed by atoms with Crippen molar-refractivity contribution in [3.8, 4) is 0 Å². The van der Waals surface area contributed by atoms with Gasteiger partial charge in [-0.15, -0.1) is 0 Å². The van der Waals surface area contributed by atoms with Gasteiger partial charge in [0.25, 0.3) is 0 Å². The van der Waals surface area contributed by atoms with Crippen molar-refractivity contribution in [3.63, 3.8) is 0 Å². The first-order valence-electron chi connectivity index (χ1n) is 11.0. The summed E-state index contributed by atoms with van der Waals surface area (Å²) in [5, 5.41) is 12.1. The molecule has 6 nitrogen and oxygen atoms in total. The van der Waals surface area contributed by atoms with E-state index < -0.39 is 16.6 Å². The lowest BCUT2D eigenvalue weighted by Gasteiger charge is -2.36. The number of nitro benzene ring substituents is 1. The molecule has 3 fully saturated rings. The molecule has 0 radical (unpaired) electrons. The Labute approximate surface area is 170 Å². The summed E-state index contributed by atoms with van der Waals surface area (Å²) >= 11 is 0. The third kappa shape index (κ3) is 3.85. The van der Waals surface area contributed by atoms with E-state index in [1.807, 2.05) is 0 Å². The highest BCUT2D eigenvalue weighted by molar-refractivity contribution is 5.85. The Kier molecular flexibility index (Phi) is 6.06. The van der Waals surface area contributed by atoms with E-state index in [2.05, 4.69) is 0 Å². The normalized spacial score (nSPS) is 20.8. The maximum absolute atomic E-state index is 15.8.